The van der Waals surface area contributed by atoms with Crippen molar-refractivity contribution in [2.75, 3.05) is 32.1 Å². The molecule has 1 atom stereocenters. The van der Waals surface area contributed by atoms with E-state index in [1.165, 1.54) is 12.0 Å². The Morgan fingerprint density at radius 3 is 3.00 bits per heavy atom. The molecule has 0 bridgehead atoms. The third kappa shape index (κ3) is 4.46. The molecule has 1 aliphatic heterocycles. The van der Waals surface area contributed by atoms with E-state index in [1.54, 1.807) is 0 Å². The van der Waals surface area contributed by atoms with E-state index >= 15 is 0 Å². The van der Waals surface area contributed by atoms with Gasteiger partial charge in [0.05, 0.1) is 18.3 Å². The number of benzene rings is 1. The van der Waals surface area contributed by atoms with Gasteiger partial charge in [0.2, 0.25) is 0 Å². The number of ether oxygens (including phenoxy) is 1. The maximum atomic E-state index is 8.90. The Bertz CT molecular complexity index is 708. The minimum absolute atomic E-state index is 0.0271. The van der Waals surface area contributed by atoms with E-state index in [9.17, 15) is 0 Å². The molecule has 2 heterocycles. The molecule has 0 aliphatic carbocycles. The van der Waals surface area contributed by atoms with Crippen molar-refractivity contribution in [2.45, 2.75) is 32.4 Å². The van der Waals surface area contributed by atoms with Gasteiger partial charge < -0.3 is 15.2 Å². The lowest BCUT2D eigenvalue weighted by Gasteiger charge is -2.24. The van der Waals surface area contributed by atoms with Crippen LogP contribution in [0.25, 0.3) is 0 Å². The molecule has 0 saturated carbocycles. The van der Waals surface area contributed by atoms with E-state index < -0.39 is 0 Å². The van der Waals surface area contributed by atoms with Gasteiger partial charge in [-0.15, -0.1) is 0 Å². The van der Waals surface area contributed by atoms with Crippen molar-refractivity contribution < 1.29 is 9.84 Å². The van der Waals surface area contributed by atoms with E-state index in [0.29, 0.717) is 12.6 Å². The molecule has 3 rings (SSSR count). The SMILES string of the molecule is CNc1cc([C@@H]2CCCN2Cc2cccc(OCCO)c2)nc(C)n1. The van der Waals surface area contributed by atoms with Gasteiger partial charge in [-0.3, -0.25) is 4.90 Å². The molecule has 6 nitrogen and oxygen atoms in total. The van der Waals surface area contributed by atoms with Gasteiger partial charge in [0, 0.05) is 19.7 Å². The first kappa shape index (κ1) is 17.6. The Balaban J connectivity index is 1.75. The zero-order valence-corrected chi connectivity index (χ0v) is 14.9. The summed E-state index contributed by atoms with van der Waals surface area (Å²) in [7, 11) is 1.88. The summed E-state index contributed by atoms with van der Waals surface area (Å²) in [5.74, 6) is 2.47. The predicted octanol–water partition coefficient (Wildman–Crippen LogP) is 2.53. The van der Waals surface area contributed by atoms with Crippen molar-refractivity contribution in [1.29, 1.82) is 0 Å². The van der Waals surface area contributed by atoms with Gasteiger partial charge in [-0.2, -0.15) is 0 Å². The average molecular weight is 342 g/mol. The largest absolute Gasteiger partial charge is 0.491 e. The number of aliphatic hydroxyl groups is 1. The first-order valence-corrected chi connectivity index (χ1v) is 8.79. The Morgan fingerprint density at radius 1 is 1.32 bits per heavy atom. The standard InChI is InChI=1S/C19H26N4O2/c1-14-21-17(12-19(20-2)22-14)18-7-4-8-23(18)13-15-5-3-6-16(11-15)25-10-9-24/h3,5-6,11-12,18,24H,4,7-10,13H2,1-2H3,(H,20,21,22)/t18-/m0/s1. The zero-order chi connectivity index (χ0) is 17.6. The predicted molar refractivity (Wildman–Crippen MR) is 97.7 cm³/mol. The van der Waals surface area contributed by atoms with Crippen LogP contribution in [0.1, 0.15) is 36.0 Å². The first-order valence-electron chi connectivity index (χ1n) is 8.79. The van der Waals surface area contributed by atoms with Gasteiger partial charge in [-0.1, -0.05) is 12.1 Å². The molecule has 25 heavy (non-hydrogen) atoms. The molecule has 0 spiro atoms. The van der Waals surface area contributed by atoms with Crippen molar-refractivity contribution in [1.82, 2.24) is 14.9 Å². The van der Waals surface area contributed by atoms with Crippen molar-refractivity contribution in [3.8, 4) is 5.75 Å². The minimum atomic E-state index is 0.0271. The summed E-state index contributed by atoms with van der Waals surface area (Å²) in [6.45, 7) is 4.21. The second-order valence-electron chi connectivity index (χ2n) is 6.32. The van der Waals surface area contributed by atoms with Crippen LogP contribution in [0.2, 0.25) is 0 Å². The zero-order valence-electron chi connectivity index (χ0n) is 14.9. The summed E-state index contributed by atoms with van der Waals surface area (Å²) in [6, 6.07) is 10.5. The second kappa shape index (κ2) is 8.27. The van der Waals surface area contributed by atoms with Crippen LogP contribution in [-0.2, 0) is 6.54 Å². The molecule has 1 aliphatic rings. The molecule has 0 unspecified atom stereocenters. The molecule has 1 aromatic carbocycles. The van der Waals surface area contributed by atoms with Gasteiger partial charge in [0.1, 0.15) is 24.0 Å². The fourth-order valence-electron chi connectivity index (χ4n) is 3.37. The molecule has 0 amide bonds. The Morgan fingerprint density at radius 2 is 2.20 bits per heavy atom. The molecule has 6 heteroatoms. The van der Waals surface area contributed by atoms with Crippen LogP contribution in [0.3, 0.4) is 0 Å². The minimum Gasteiger partial charge on any atom is -0.491 e. The molecule has 1 aromatic heterocycles. The molecule has 134 valence electrons. The summed E-state index contributed by atoms with van der Waals surface area (Å²) in [5.41, 5.74) is 2.30. The lowest BCUT2D eigenvalue weighted by Crippen LogP contribution is -2.24. The van der Waals surface area contributed by atoms with E-state index in [4.69, 9.17) is 9.84 Å². The van der Waals surface area contributed by atoms with Crippen molar-refractivity contribution in [2.24, 2.45) is 0 Å². The smallest absolute Gasteiger partial charge is 0.129 e. The highest BCUT2D eigenvalue weighted by atomic mass is 16.5. The van der Waals surface area contributed by atoms with E-state index in [0.717, 1.165) is 42.6 Å². The number of aliphatic hydroxyl groups excluding tert-OH is 1. The van der Waals surface area contributed by atoms with Crippen LogP contribution in [0, 0.1) is 6.92 Å². The third-order valence-electron chi connectivity index (χ3n) is 4.46. The summed E-state index contributed by atoms with van der Waals surface area (Å²) in [4.78, 5) is 11.5. The van der Waals surface area contributed by atoms with Crippen molar-refractivity contribution in [3.05, 3.63) is 47.4 Å². The summed E-state index contributed by atoms with van der Waals surface area (Å²) < 4.78 is 5.52. The van der Waals surface area contributed by atoms with Crippen LogP contribution in [0.5, 0.6) is 5.75 Å². The summed E-state index contributed by atoms with van der Waals surface area (Å²) in [6.07, 6.45) is 2.28. The number of aryl methyl sites for hydroxylation is 1. The second-order valence-corrected chi connectivity index (χ2v) is 6.32. The molecule has 0 radical (unpaired) electrons. The summed E-state index contributed by atoms with van der Waals surface area (Å²) >= 11 is 0. The quantitative estimate of drug-likeness (QED) is 0.806. The molecule has 2 N–H and O–H groups in total. The number of anilines is 1. The molecule has 1 saturated heterocycles. The van der Waals surface area contributed by atoms with Crippen LogP contribution in [0.15, 0.2) is 30.3 Å². The van der Waals surface area contributed by atoms with Crippen molar-refractivity contribution in [3.63, 3.8) is 0 Å². The summed E-state index contributed by atoms with van der Waals surface area (Å²) in [5, 5.41) is 12.0. The lowest BCUT2D eigenvalue weighted by atomic mass is 10.1. The fourth-order valence-corrected chi connectivity index (χ4v) is 3.37. The Hall–Kier alpha value is -2.18. The number of nitrogens with one attached hydrogen (secondary N) is 1. The number of hydrogen-bond acceptors (Lipinski definition) is 6. The highest BCUT2D eigenvalue weighted by molar-refractivity contribution is 5.36. The van der Waals surface area contributed by atoms with Crippen LogP contribution in [-0.4, -0.2) is 46.8 Å². The molecular formula is C19H26N4O2. The van der Waals surface area contributed by atoms with E-state index in [1.807, 2.05) is 26.1 Å². The van der Waals surface area contributed by atoms with Gasteiger partial charge in [-0.05, 0) is 44.0 Å². The average Bonchev–Trinajstić information content (AvgIpc) is 3.08. The Kier molecular flexibility index (Phi) is 5.83. The maximum Gasteiger partial charge on any atom is 0.129 e. The maximum absolute atomic E-state index is 8.90. The number of hydrogen-bond donors (Lipinski definition) is 2. The van der Waals surface area contributed by atoms with Crippen LogP contribution in [0.4, 0.5) is 5.82 Å². The van der Waals surface area contributed by atoms with E-state index in [2.05, 4.69) is 38.4 Å². The number of aromatic nitrogens is 2. The van der Waals surface area contributed by atoms with E-state index in [-0.39, 0.29) is 6.61 Å². The normalized spacial score (nSPS) is 17.6. The number of nitrogens with zero attached hydrogens (tertiary/aromatic N) is 3. The Labute approximate surface area is 148 Å². The number of rotatable bonds is 7. The van der Waals surface area contributed by atoms with Gasteiger partial charge in [0.25, 0.3) is 0 Å². The van der Waals surface area contributed by atoms with Crippen LogP contribution >= 0.6 is 0 Å². The number of likely N-dealkylation sites (tertiary alicyclic amines) is 1. The van der Waals surface area contributed by atoms with Crippen molar-refractivity contribution >= 4 is 5.82 Å². The molecular weight excluding hydrogens is 316 g/mol. The lowest BCUT2D eigenvalue weighted by molar-refractivity contribution is 0.200. The third-order valence-corrected chi connectivity index (χ3v) is 4.46. The van der Waals surface area contributed by atoms with Gasteiger partial charge in [0.15, 0.2) is 0 Å². The van der Waals surface area contributed by atoms with Gasteiger partial charge in [-0.25, -0.2) is 9.97 Å². The first-order chi connectivity index (χ1) is 12.2. The molecule has 2 aromatic rings. The van der Waals surface area contributed by atoms with Gasteiger partial charge >= 0.3 is 0 Å². The highest BCUT2D eigenvalue weighted by Crippen LogP contribution is 2.33. The van der Waals surface area contributed by atoms with Crippen LogP contribution < -0.4 is 10.1 Å². The topological polar surface area (TPSA) is 70.5 Å². The highest BCUT2D eigenvalue weighted by Gasteiger charge is 2.27. The molecule has 1 fully saturated rings. The monoisotopic (exact) mass is 342 g/mol. The fraction of sp³-hybridized carbons (Fsp3) is 0.474.